The van der Waals surface area contributed by atoms with Gasteiger partial charge in [0.25, 0.3) is 0 Å². The molecule has 0 aromatic heterocycles. The summed E-state index contributed by atoms with van der Waals surface area (Å²) in [6, 6.07) is 5.53. The number of phenolic OH excluding ortho intramolecular Hbond substituents is 1. The van der Waals surface area contributed by atoms with E-state index in [1.807, 2.05) is 19.1 Å². The number of aliphatic hydroxyl groups excluding tert-OH is 1. The maximum absolute atomic E-state index is 10.0. The number of hydrogen-bond donors (Lipinski definition) is 3. The number of ether oxygens (including phenoxy) is 1. The van der Waals surface area contributed by atoms with Gasteiger partial charge in [0.15, 0.2) is 11.5 Å². The van der Waals surface area contributed by atoms with E-state index in [-0.39, 0.29) is 11.9 Å². The first kappa shape index (κ1) is 14.2. The van der Waals surface area contributed by atoms with Crippen molar-refractivity contribution in [3.05, 3.63) is 23.8 Å². The summed E-state index contributed by atoms with van der Waals surface area (Å²) in [7, 11) is 0. The monoisotopic (exact) mass is 265 g/mol. The van der Waals surface area contributed by atoms with E-state index < -0.39 is 0 Å². The van der Waals surface area contributed by atoms with Gasteiger partial charge >= 0.3 is 0 Å². The molecule has 0 saturated heterocycles. The summed E-state index contributed by atoms with van der Waals surface area (Å²) in [6.45, 7) is 3.82. The molecular weight excluding hydrogens is 242 g/mol. The van der Waals surface area contributed by atoms with Crippen LogP contribution in [0.1, 0.15) is 31.7 Å². The van der Waals surface area contributed by atoms with Crippen LogP contribution in [0.5, 0.6) is 11.5 Å². The Kier molecular flexibility index (Phi) is 5.05. The second kappa shape index (κ2) is 6.78. The van der Waals surface area contributed by atoms with Gasteiger partial charge in [0.2, 0.25) is 0 Å². The third kappa shape index (κ3) is 3.61. The average molecular weight is 265 g/mol. The van der Waals surface area contributed by atoms with Crippen LogP contribution in [0.4, 0.5) is 0 Å². The van der Waals surface area contributed by atoms with Crippen molar-refractivity contribution in [1.82, 2.24) is 5.32 Å². The highest BCUT2D eigenvalue weighted by Crippen LogP contribution is 2.30. The fraction of sp³-hybridized carbons (Fsp3) is 0.600. The van der Waals surface area contributed by atoms with Gasteiger partial charge in [-0.3, -0.25) is 0 Å². The van der Waals surface area contributed by atoms with Gasteiger partial charge in [-0.05, 0) is 31.7 Å². The molecule has 0 aliphatic heterocycles. The van der Waals surface area contributed by atoms with Crippen LogP contribution in [-0.4, -0.2) is 29.5 Å². The molecule has 0 amide bonds. The molecule has 1 aromatic rings. The van der Waals surface area contributed by atoms with Gasteiger partial charge in [0.05, 0.1) is 12.7 Å². The van der Waals surface area contributed by atoms with Gasteiger partial charge in [0, 0.05) is 18.7 Å². The van der Waals surface area contributed by atoms with Crippen LogP contribution in [0, 0.1) is 5.92 Å². The average Bonchev–Trinajstić information content (AvgIpc) is 2.80. The Morgan fingerprint density at radius 2 is 2.21 bits per heavy atom. The van der Waals surface area contributed by atoms with E-state index in [1.54, 1.807) is 6.07 Å². The van der Waals surface area contributed by atoms with Crippen molar-refractivity contribution in [2.24, 2.45) is 5.92 Å². The van der Waals surface area contributed by atoms with Crippen molar-refractivity contribution >= 4 is 0 Å². The maximum atomic E-state index is 10.0. The Morgan fingerprint density at radius 1 is 1.37 bits per heavy atom. The van der Waals surface area contributed by atoms with Crippen LogP contribution in [0.25, 0.3) is 0 Å². The molecule has 1 aliphatic carbocycles. The molecule has 1 aliphatic rings. The molecule has 0 heterocycles. The molecular formula is C15H23NO3. The predicted octanol–water partition coefficient (Wildman–Crippen LogP) is 2.04. The molecule has 4 nitrogen and oxygen atoms in total. The first-order valence-electron chi connectivity index (χ1n) is 7.04. The zero-order chi connectivity index (χ0) is 13.7. The van der Waals surface area contributed by atoms with Gasteiger partial charge < -0.3 is 20.3 Å². The highest BCUT2D eigenvalue weighted by atomic mass is 16.5. The van der Waals surface area contributed by atoms with E-state index in [0.717, 1.165) is 31.4 Å². The Hall–Kier alpha value is -1.26. The second-order valence-corrected chi connectivity index (χ2v) is 5.09. The molecule has 1 fully saturated rings. The first-order valence-corrected chi connectivity index (χ1v) is 7.04. The second-order valence-electron chi connectivity index (χ2n) is 5.09. The fourth-order valence-electron chi connectivity index (χ4n) is 2.63. The molecule has 1 aromatic carbocycles. The summed E-state index contributed by atoms with van der Waals surface area (Å²) in [4.78, 5) is 0. The number of nitrogens with one attached hydrogen (secondary N) is 1. The van der Waals surface area contributed by atoms with Crippen molar-refractivity contribution in [3.63, 3.8) is 0 Å². The van der Waals surface area contributed by atoms with Gasteiger partial charge in [-0.15, -0.1) is 0 Å². The van der Waals surface area contributed by atoms with Crippen molar-refractivity contribution in [1.29, 1.82) is 0 Å². The minimum absolute atomic E-state index is 0.171. The lowest BCUT2D eigenvalue weighted by molar-refractivity contribution is 0.131. The number of benzene rings is 1. The molecule has 0 bridgehead atoms. The fourth-order valence-corrected chi connectivity index (χ4v) is 2.63. The predicted molar refractivity (Wildman–Crippen MR) is 74.3 cm³/mol. The number of phenols is 1. The largest absolute Gasteiger partial charge is 0.504 e. The Balaban J connectivity index is 1.87. The van der Waals surface area contributed by atoms with Crippen LogP contribution in [-0.2, 0) is 6.54 Å². The van der Waals surface area contributed by atoms with Crippen molar-refractivity contribution in [3.8, 4) is 11.5 Å². The van der Waals surface area contributed by atoms with Crippen LogP contribution in [0.15, 0.2) is 18.2 Å². The summed E-state index contributed by atoms with van der Waals surface area (Å²) in [5, 5.41) is 23.1. The maximum Gasteiger partial charge on any atom is 0.162 e. The highest BCUT2D eigenvalue weighted by molar-refractivity contribution is 5.45. The zero-order valence-electron chi connectivity index (χ0n) is 11.4. The lowest BCUT2D eigenvalue weighted by atomic mass is 10.1. The topological polar surface area (TPSA) is 61.7 Å². The van der Waals surface area contributed by atoms with Gasteiger partial charge in [-0.2, -0.15) is 0 Å². The first-order chi connectivity index (χ1) is 9.22. The number of aliphatic hydroxyl groups is 1. The highest BCUT2D eigenvalue weighted by Gasteiger charge is 2.24. The molecule has 0 spiro atoms. The lowest BCUT2D eigenvalue weighted by Gasteiger charge is -2.16. The molecule has 4 heteroatoms. The summed E-state index contributed by atoms with van der Waals surface area (Å²) < 4.78 is 5.36. The molecule has 2 atom stereocenters. The molecule has 2 unspecified atom stereocenters. The lowest BCUT2D eigenvalue weighted by Crippen LogP contribution is -2.27. The number of para-hydroxylation sites is 1. The number of aromatic hydroxyl groups is 1. The molecule has 0 radical (unpaired) electrons. The van der Waals surface area contributed by atoms with E-state index in [2.05, 4.69) is 5.32 Å². The standard InChI is InChI=1S/C15H23NO3/c1-2-19-14-8-4-6-12(15(14)18)10-16-9-11-5-3-7-13(11)17/h4,6,8,11,13,16-18H,2-3,5,7,9-10H2,1H3. The molecule has 2 rings (SSSR count). The number of hydrogen-bond acceptors (Lipinski definition) is 4. The van der Waals surface area contributed by atoms with Gasteiger partial charge in [-0.25, -0.2) is 0 Å². The van der Waals surface area contributed by atoms with E-state index in [0.29, 0.717) is 24.8 Å². The molecule has 19 heavy (non-hydrogen) atoms. The van der Waals surface area contributed by atoms with Crippen molar-refractivity contribution in [2.45, 2.75) is 38.8 Å². The van der Waals surface area contributed by atoms with Crippen LogP contribution in [0.2, 0.25) is 0 Å². The van der Waals surface area contributed by atoms with Crippen molar-refractivity contribution < 1.29 is 14.9 Å². The minimum atomic E-state index is -0.171. The molecule has 106 valence electrons. The molecule has 3 N–H and O–H groups in total. The van der Waals surface area contributed by atoms with E-state index in [4.69, 9.17) is 4.74 Å². The summed E-state index contributed by atoms with van der Waals surface area (Å²) in [6.07, 6.45) is 2.94. The van der Waals surface area contributed by atoms with Crippen LogP contribution in [0.3, 0.4) is 0 Å². The van der Waals surface area contributed by atoms with Crippen LogP contribution < -0.4 is 10.1 Å². The third-order valence-electron chi connectivity index (χ3n) is 3.72. The summed E-state index contributed by atoms with van der Waals surface area (Å²) in [5.74, 6) is 1.09. The van der Waals surface area contributed by atoms with Gasteiger partial charge in [0.1, 0.15) is 0 Å². The summed E-state index contributed by atoms with van der Waals surface area (Å²) >= 11 is 0. The minimum Gasteiger partial charge on any atom is -0.504 e. The summed E-state index contributed by atoms with van der Waals surface area (Å²) in [5.41, 5.74) is 0.832. The quantitative estimate of drug-likeness (QED) is 0.736. The Labute approximate surface area is 114 Å². The van der Waals surface area contributed by atoms with Crippen LogP contribution >= 0.6 is 0 Å². The number of rotatable bonds is 6. The smallest absolute Gasteiger partial charge is 0.162 e. The van der Waals surface area contributed by atoms with E-state index in [1.165, 1.54) is 0 Å². The zero-order valence-corrected chi connectivity index (χ0v) is 11.4. The van der Waals surface area contributed by atoms with Gasteiger partial charge in [-0.1, -0.05) is 18.6 Å². The third-order valence-corrected chi connectivity index (χ3v) is 3.72. The SMILES string of the molecule is CCOc1cccc(CNCC2CCCC2O)c1O. The van der Waals surface area contributed by atoms with E-state index >= 15 is 0 Å². The van der Waals surface area contributed by atoms with E-state index in [9.17, 15) is 10.2 Å². The van der Waals surface area contributed by atoms with Crippen molar-refractivity contribution in [2.75, 3.05) is 13.2 Å². The molecule has 1 saturated carbocycles. The normalized spacial score (nSPS) is 22.6. The Bertz CT molecular complexity index is 408. The Morgan fingerprint density at radius 3 is 2.89 bits per heavy atom.